The van der Waals surface area contributed by atoms with E-state index in [9.17, 15) is 0 Å². The van der Waals surface area contributed by atoms with Crippen LogP contribution in [0.4, 0.5) is 0 Å². The van der Waals surface area contributed by atoms with Crippen molar-refractivity contribution >= 4 is 0 Å². The van der Waals surface area contributed by atoms with Crippen molar-refractivity contribution in [3.8, 4) is 0 Å². The maximum atomic E-state index is 4.90. The predicted molar refractivity (Wildman–Crippen MR) is 40.1 cm³/mol. The Morgan fingerprint density at radius 1 is 0.545 bits per heavy atom. The molecule has 77 valence electrons. The quantitative estimate of drug-likeness (QED) is 0.372. The molecular weight excluding hydrogens is 200 g/mol. The van der Waals surface area contributed by atoms with Crippen LogP contribution in [0.1, 0.15) is 0 Å². The van der Waals surface area contributed by atoms with Crippen molar-refractivity contribution in [2.75, 3.05) is 26.2 Å². The zero-order valence-electron chi connectivity index (χ0n) is 6.33. The van der Waals surface area contributed by atoms with E-state index >= 15 is 0 Å². The molecule has 0 saturated carbocycles. The third-order valence-electron chi connectivity index (χ3n) is 0.333. The van der Waals surface area contributed by atoms with Gasteiger partial charge in [0.05, 0.1) is 0 Å². The maximum absolute atomic E-state index is 4.90. The summed E-state index contributed by atoms with van der Waals surface area (Å²) in [7, 11) is 0. The van der Waals surface area contributed by atoms with Crippen molar-refractivity contribution in [3.05, 3.63) is 0 Å². The van der Waals surface area contributed by atoms with E-state index < -0.39 is 0 Å². The van der Waals surface area contributed by atoms with Crippen molar-refractivity contribution in [3.63, 3.8) is 0 Å². The summed E-state index contributed by atoms with van der Waals surface area (Å²) in [5.41, 5.74) is 19.6. The molecule has 0 aromatic rings. The van der Waals surface area contributed by atoms with Crippen molar-refractivity contribution < 1.29 is 28.0 Å². The molecule has 7 heteroatoms. The van der Waals surface area contributed by atoms with Crippen LogP contribution in [0.3, 0.4) is 0 Å². The fraction of sp³-hybridized carbons (Fsp3) is 1.00. The zero-order chi connectivity index (χ0) is 6.83. The van der Waals surface area contributed by atoms with Crippen LogP contribution >= 0.6 is 0 Å². The summed E-state index contributed by atoms with van der Waals surface area (Å²) >= 11 is 0. The normalized spacial score (nSPS) is 5.45. The van der Waals surface area contributed by atoms with Gasteiger partial charge in [-0.1, -0.05) is 0 Å². The van der Waals surface area contributed by atoms with Gasteiger partial charge in [-0.2, -0.15) is 0 Å². The van der Waals surface area contributed by atoms with Crippen molar-refractivity contribution in [2.45, 2.75) is 0 Å². The molecule has 0 spiro atoms. The largest absolute Gasteiger partial charge is 2.00 e. The van der Waals surface area contributed by atoms with Crippen LogP contribution in [-0.4, -0.2) is 37.1 Å². The van der Waals surface area contributed by atoms with Crippen LogP contribution in [0.2, 0.25) is 0 Å². The van der Waals surface area contributed by atoms with Gasteiger partial charge in [0.2, 0.25) is 0 Å². The maximum Gasteiger partial charge on any atom is 2.00 e. The summed E-state index contributed by atoms with van der Waals surface area (Å²) in [6.45, 7) is 2.39. The molecule has 0 aliphatic carbocycles. The molecule has 0 bridgehead atoms. The van der Waals surface area contributed by atoms with Gasteiger partial charge in [0.15, 0.2) is 0 Å². The van der Waals surface area contributed by atoms with Crippen LogP contribution in [0.15, 0.2) is 0 Å². The molecule has 6 nitrogen and oxygen atoms in total. The topological polar surface area (TPSA) is 164 Å². The Labute approximate surface area is 77.8 Å². The summed E-state index contributed by atoms with van der Waals surface area (Å²) in [6.07, 6.45) is 0. The fourth-order valence-electron chi connectivity index (χ4n) is 0. The minimum Gasteiger partial charge on any atom is -0.870 e. The molecule has 0 saturated heterocycles. The Morgan fingerprint density at radius 3 is 0.636 bits per heavy atom. The molecule has 0 heterocycles. The molecule has 0 aliphatic rings. The van der Waals surface area contributed by atoms with E-state index in [1.807, 2.05) is 0 Å². The van der Waals surface area contributed by atoms with E-state index in [0.717, 1.165) is 0 Å². The minimum atomic E-state index is 0. The van der Waals surface area contributed by atoms with E-state index in [4.69, 9.17) is 22.9 Å². The van der Waals surface area contributed by atoms with Gasteiger partial charge in [0.1, 0.15) is 0 Å². The first-order valence-electron chi connectivity index (χ1n) is 2.63. The molecule has 0 atom stereocenters. The third-order valence-corrected chi connectivity index (χ3v) is 0.333. The molecule has 11 heavy (non-hydrogen) atoms. The molecule has 0 unspecified atom stereocenters. The standard InChI is InChI=1S/2C2H8N2.Cu.2H2O/c2*3-1-2-4;;;/h2*1-4H2;;2*1H2/q;;+2;;/p-2. The Bertz CT molecular complexity index is 28.1. The van der Waals surface area contributed by atoms with Gasteiger partial charge in [-0.3, -0.25) is 0 Å². The molecule has 0 fully saturated rings. The zero-order valence-corrected chi connectivity index (χ0v) is 7.28. The van der Waals surface area contributed by atoms with E-state index in [2.05, 4.69) is 0 Å². The summed E-state index contributed by atoms with van der Waals surface area (Å²) in [4.78, 5) is 0. The van der Waals surface area contributed by atoms with Crippen LogP contribution < -0.4 is 22.9 Å². The Hall–Kier alpha value is 0.279. The molecule has 0 amide bonds. The molecule has 10 N–H and O–H groups in total. The van der Waals surface area contributed by atoms with Crippen LogP contribution in [0.5, 0.6) is 0 Å². The number of rotatable bonds is 2. The number of nitrogens with two attached hydrogens (primary N) is 4. The fourth-order valence-corrected chi connectivity index (χ4v) is 0. The van der Waals surface area contributed by atoms with Crippen LogP contribution in [0, 0.1) is 0 Å². The second-order valence-corrected chi connectivity index (χ2v) is 1.15. The first kappa shape index (κ1) is 30.2. The first-order chi connectivity index (χ1) is 3.83. The summed E-state index contributed by atoms with van der Waals surface area (Å²) in [5, 5.41) is 0. The smallest absolute Gasteiger partial charge is 0.870 e. The summed E-state index contributed by atoms with van der Waals surface area (Å²) in [6, 6.07) is 0. The second kappa shape index (κ2) is 48.3. The van der Waals surface area contributed by atoms with Crippen molar-refractivity contribution in [1.29, 1.82) is 0 Å². The van der Waals surface area contributed by atoms with Crippen LogP contribution in [-0.2, 0) is 17.1 Å². The number of hydrogen-bond donors (Lipinski definition) is 4. The van der Waals surface area contributed by atoms with Gasteiger partial charge >= 0.3 is 17.1 Å². The molecule has 1 radical (unpaired) electrons. The Morgan fingerprint density at radius 2 is 0.636 bits per heavy atom. The van der Waals surface area contributed by atoms with E-state index in [-0.39, 0.29) is 28.0 Å². The monoisotopic (exact) mass is 217 g/mol. The van der Waals surface area contributed by atoms with Crippen molar-refractivity contribution in [2.24, 2.45) is 22.9 Å². The third kappa shape index (κ3) is 136. The molecular formula is C4H18CuN4O2. The van der Waals surface area contributed by atoms with Crippen molar-refractivity contribution in [1.82, 2.24) is 0 Å². The second-order valence-electron chi connectivity index (χ2n) is 1.15. The SMILES string of the molecule is NCCN.NCCN.[Cu+2].[OH-].[OH-]. The van der Waals surface area contributed by atoms with Crippen LogP contribution in [0.25, 0.3) is 0 Å². The van der Waals surface area contributed by atoms with E-state index in [1.165, 1.54) is 0 Å². The molecule has 0 aromatic carbocycles. The molecule has 0 rings (SSSR count). The summed E-state index contributed by atoms with van der Waals surface area (Å²) < 4.78 is 0. The van der Waals surface area contributed by atoms with Gasteiger partial charge in [0, 0.05) is 26.2 Å². The van der Waals surface area contributed by atoms with Gasteiger partial charge in [-0.25, -0.2) is 0 Å². The van der Waals surface area contributed by atoms with Gasteiger partial charge in [0.25, 0.3) is 0 Å². The first-order valence-corrected chi connectivity index (χ1v) is 2.63. The average Bonchev–Trinajstić information content (AvgIpc) is 1.88. The van der Waals surface area contributed by atoms with Gasteiger partial charge in [-0.05, 0) is 0 Å². The molecule has 0 aromatic heterocycles. The van der Waals surface area contributed by atoms with E-state index in [0.29, 0.717) is 26.2 Å². The minimum absolute atomic E-state index is 0. The average molecular weight is 218 g/mol. The van der Waals surface area contributed by atoms with Gasteiger partial charge < -0.3 is 33.9 Å². The predicted octanol–water partition coefficient (Wildman–Crippen LogP) is -2.55. The number of hydrogen-bond acceptors (Lipinski definition) is 6. The summed E-state index contributed by atoms with van der Waals surface area (Å²) in [5.74, 6) is 0. The molecule has 0 aliphatic heterocycles. The van der Waals surface area contributed by atoms with Gasteiger partial charge in [-0.15, -0.1) is 0 Å². The Kier molecular flexibility index (Phi) is 133. The van der Waals surface area contributed by atoms with E-state index in [1.54, 1.807) is 0 Å². The Balaban J connectivity index is -0.0000000171.